The number of benzene rings is 1. The highest BCUT2D eigenvalue weighted by molar-refractivity contribution is 7.98. The highest BCUT2D eigenvalue weighted by Gasteiger charge is 2.11. The van der Waals surface area contributed by atoms with E-state index in [1.807, 2.05) is 24.3 Å². The van der Waals surface area contributed by atoms with E-state index in [4.69, 9.17) is 13.9 Å². The van der Waals surface area contributed by atoms with Gasteiger partial charge in [0.15, 0.2) is 23.5 Å². The minimum Gasteiger partial charge on any atom is -0.490 e. The normalized spacial score (nSPS) is 13.8. The van der Waals surface area contributed by atoms with Crippen LogP contribution < -0.4 is 9.47 Å². The Balaban J connectivity index is 1.68. The van der Waals surface area contributed by atoms with Crippen molar-refractivity contribution in [2.75, 3.05) is 13.2 Å². The third-order valence-electron chi connectivity index (χ3n) is 2.90. The third-order valence-corrected chi connectivity index (χ3v) is 3.91. The summed E-state index contributed by atoms with van der Waals surface area (Å²) in [6.45, 7) is 1.38. The molecule has 2 heterocycles. The molecule has 0 fully saturated rings. The molecule has 0 unspecified atom stereocenters. The zero-order valence-electron chi connectivity index (χ0n) is 10.8. The van der Waals surface area contributed by atoms with Gasteiger partial charge in [0.1, 0.15) is 5.76 Å². The van der Waals surface area contributed by atoms with E-state index in [2.05, 4.69) is 0 Å². The maximum Gasteiger partial charge on any atom is 0.185 e. The van der Waals surface area contributed by atoms with Crippen LogP contribution in [0.25, 0.3) is 0 Å². The summed E-state index contributed by atoms with van der Waals surface area (Å²) in [5.41, 5.74) is 0. The summed E-state index contributed by atoms with van der Waals surface area (Å²) in [6, 6.07) is 9.41. The van der Waals surface area contributed by atoms with E-state index < -0.39 is 0 Å². The molecule has 0 saturated heterocycles. The zero-order valence-corrected chi connectivity index (χ0v) is 11.7. The smallest absolute Gasteiger partial charge is 0.185 e. The Morgan fingerprint density at radius 2 is 1.95 bits per heavy atom. The Bertz CT molecular complexity index is 606. The molecule has 5 heteroatoms. The van der Waals surface area contributed by atoms with Gasteiger partial charge in [-0.25, -0.2) is 0 Å². The second kappa shape index (κ2) is 6.05. The van der Waals surface area contributed by atoms with Gasteiger partial charge in [-0.3, -0.25) is 4.79 Å². The summed E-state index contributed by atoms with van der Waals surface area (Å²) >= 11 is 1.63. The van der Waals surface area contributed by atoms with Crippen molar-refractivity contribution in [3.63, 3.8) is 0 Å². The molecule has 0 amide bonds. The molecule has 104 valence electrons. The van der Waals surface area contributed by atoms with E-state index in [1.54, 1.807) is 17.8 Å². The summed E-state index contributed by atoms with van der Waals surface area (Å²) in [6.07, 6.45) is 1.61. The molecule has 0 saturated carbocycles. The lowest BCUT2D eigenvalue weighted by molar-refractivity contribution is 0.109. The molecule has 0 radical (unpaired) electrons. The second-order valence-electron chi connectivity index (χ2n) is 4.37. The Morgan fingerprint density at radius 3 is 2.75 bits per heavy atom. The highest BCUT2D eigenvalue weighted by Crippen LogP contribution is 2.34. The van der Waals surface area contributed by atoms with E-state index >= 15 is 0 Å². The summed E-state index contributed by atoms with van der Waals surface area (Å²) in [5.74, 6) is 3.41. The van der Waals surface area contributed by atoms with Gasteiger partial charge in [-0.15, -0.1) is 11.8 Å². The number of thioether (sulfide) groups is 1. The van der Waals surface area contributed by atoms with Gasteiger partial charge in [0, 0.05) is 11.3 Å². The summed E-state index contributed by atoms with van der Waals surface area (Å²) in [5, 5.41) is 0. The Hall–Kier alpha value is -1.88. The summed E-state index contributed by atoms with van der Waals surface area (Å²) in [4.78, 5) is 11.6. The van der Waals surface area contributed by atoms with Crippen LogP contribution in [0.3, 0.4) is 0 Å². The lowest BCUT2D eigenvalue weighted by atomic mass is 10.3. The number of aldehydes is 1. The average molecular weight is 290 g/mol. The van der Waals surface area contributed by atoms with Crippen molar-refractivity contribution in [2.45, 2.75) is 17.1 Å². The molecule has 1 aromatic heterocycles. The number of hydrogen-bond donors (Lipinski definition) is 0. The molecule has 0 spiro atoms. The molecular weight excluding hydrogens is 276 g/mol. The standard InChI is InChI=1S/C15H14O4S/c16-9-11-2-3-12(19-11)10-20-13-4-5-14-15(8-13)18-7-1-6-17-14/h2-5,8-9H,1,6-7,10H2. The largest absolute Gasteiger partial charge is 0.490 e. The molecule has 4 nitrogen and oxygen atoms in total. The summed E-state index contributed by atoms with van der Waals surface area (Å²) < 4.78 is 16.6. The number of carbonyl (C=O) groups is 1. The van der Waals surface area contributed by atoms with E-state index in [0.29, 0.717) is 31.0 Å². The first-order valence-corrected chi connectivity index (χ1v) is 7.40. The summed E-state index contributed by atoms with van der Waals surface area (Å²) in [7, 11) is 0. The molecule has 1 aliphatic rings. The average Bonchev–Trinajstić information content (AvgIpc) is 2.82. The van der Waals surface area contributed by atoms with E-state index in [-0.39, 0.29) is 0 Å². The minimum absolute atomic E-state index is 0.360. The first-order valence-electron chi connectivity index (χ1n) is 6.41. The highest BCUT2D eigenvalue weighted by atomic mass is 32.2. The van der Waals surface area contributed by atoms with Crippen LogP contribution >= 0.6 is 11.8 Å². The first kappa shape index (κ1) is 13.1. The molecule has 1 aliphatic heterocycles. The van der Waals surface area contributed by atoms with Crippen molar-refractivity contribution in [1.29, 1.82) is 0 Å². The van der Waals surface area contributed by atoms with Gasteiger partial charge in [0.05, 0.1) is 19.0 Å². The fourth-order valence-corrected chi connectivity index (χ4v) is 2.74. The van der Waals surface area contributed by atoms with Crippen LogP contribution in [0.4, 0.5) is 0 Å². The van der Waals surface area contributed by atoms with Gasteiger partial charge in [0.25, 0.3) is 0 Å². The third kappa shape index (κ3) is 2.99. The first-order chi connectivity index (χ1) is 9.85. The molecular formula is C15H14O4S. The van der Waals surface area contributed by atoms with Crippen LogP contribution in [0.15, 0.2) is 39.6 Å². The molecule has 0 N–H and O–H groups in total. The predicted octanol–water partition coefficient (Wildman–Crippen LogP) is 3.55. The quantitative estimate of drug-likeness (QED) is 0.636. The van der Waals surface area contributed by atoms with Gasteiger partial charge >= 0.3 is 0 Å². The maximum atomic E-state index is 10.6. The maximum absolute atomic E-state index is 10.6. The van der Waals surface area contributed by atoms with E-state index in [9.17, 15) is 4.79 Å². The van der Waals surface area contributed by atoms with Crippen LogP contribution in [0.2, 0.25) is 0 Å². The number of rotatable bonds is 4. The van der Waals surface area contributed by atoms with E-state index in [0.717, 1.165) is 28.6 Å². The number of fused-ring (bicyclic) bond motifs is 1. The van der Waals surface area contributed by atoms with Crippen molar-refractivity contribution >= 4 is 18.0 Å². The zero-order chi connectivity index (χ0) is 13.8. The Morgan fingerprint density at radius 1 is 1.10 bits per heavy atom. The van der Waals surface area contributed by atoms with E-state index in [1.165, 1.54) is 0 Å². The van der Waals surface area contributed by atoms with Crippen molar-refractivity contribution in [3.05, 3.63) is 41.9 Å². The lowest BCUT2D eigenvalue weighted by Crippen LogP contribution is -1.97. The van der Waals surface area contributed by atoms with Crippen molar-refractivity contribution in [2.24, 2.45) is 0 Å². The molecule has 20 heavy (non-hydrogen) atoms. The van der Waals surface area contributed by atoms with Crippen LogP contribution in [0.5, 0.6) is 11.5 Å². The predicted molar refractivity (Wildman–Crippen MR) is 75.7 cm³/mol. The van der Waals surface area contributed by atoms with Crippen molar-refractivity contribution in [3.8, 4) is 11.5 Å². The number of ether oxygens (including phenoxy) is 2. The lowest BCUT2D eigenvalue weighted by Gasteiger charge is -2.08. The van der Waals surface area contributed by atoms with Crippen molar-refractivity contribution < 1.29 is 18.7 Å². The SMILES string of the molecule is O=Cc1ccc(CSc2ccc3c(c2)OCCCO3)o1. The number of furan rings is 1. The van der Waals surface area contributed by atoms with Crippen LogP contribution in [-0.2, 0) is 5.75 Å². The van der Waals surface area contributed by atoms with Crippen molar-refractivity contribution in [1.82, 2.24) is 0 Å². The molecule has 1 aromatic carbocycles. The fraction of sp³-hybridized carbons (Fsp3) is 0.267. The Kier molecular flexibility index (Phi) is 3.97. The molecule has 2 aromatic rings. The monoisotopic (exact) mass is 290 g/mol. The van der Waals surface area contributed by atoms with Crippen LogP contribution in [-0.4, -0.2) is 19.5 Å². The van der Waals surface area contributed by atoms with Gasteiger partial charge in [-0.1, -0.05) is 0 Å². The minimum atomic E-state index is 0.360. The molecule has 0 atom stereocenters. The topological polar surface area (TPSA) is 48.7 Å². The van der Waals surface area contributed by atoms with Gasteiger partial charge in [-0.05, 0) is 30.3 Å². The van der Waals surface area contributed by atoms with Gasteiger partial charge in [-0.2, -0.15) is 0 Å². The van der Waals surface area contributed by atoms with Gasteiger partial charge < -0.3 is 13.9 Å². The van der Waals surface area contributed by atoms with Gasteiger partial charge in [0.2, 0.25) is 0 Å². The second-order valence-corrected chi connectivity index (χ2v) is 5.42. The van der Waals surface area contributed by atoms with Crippen LogP contribution in [0.1, 0.15) is 22.7 Å². The number of carbonyl (C=O) groups excluding carboxylic acids is 1. The van der Waals surface area contributed by atoms with Crippen LogP contribution in [0, 0.1) is 0 Å². The molecule has 3 rings (SSSR count). The fourth-order valence-electron chi connectivity index (χ4n) is 1.92. The number of hydrogen-bond acceptors (Lipinski definition) is 5. The molecule has 0 bridgehead atoms. The Labute approximate surface area is 121 Å². The molecule has 0 aliphatic carbocycles.